The standard InChI is InChI=1S/C18H22N4O/c1-14-20-7-9-21(14)13-17-4-3-8-22(17)12-15-5-6-16(11-19)18(10-15)23-2/h5-7,9-10,17H,3-4,8,12-13H2,1-2H3. The Labute approximate surface area is 137 Å². The summed E-state index contributed by atoms with van der Waals surface area (Å²) in [7, 11) is 1.61. The zero-order chi connectivity index (χ0) is 16.2. The smallest absolute Gasteiger partial charge is 0.136 e. The molecule has 2 heterocycles. The summed E-state index contributed by atoms with van der Waals surface area (Å²) in [6.45, 7) is 5.03. The van der Waals surface area contributed by atoms with E-state index in [4.69, 9.17) is 10.00 Å². The molecule has 2 aromatic rings. The number of methoxy groups -OCH3 is 1. The molecule has 0 saturated carbocycles. The number of aromatic nitrogens is 2. The van der Waals surface area contributed by atoms with Crippen molar-refractivity contribution < 1.29 is 4.74 Å². The SMILES string of the molecule is COc1cc(CN2CCCC2Cn2ccnc2C)ccc1C#N. The number of aryl methyl sites for hydroxylation is 1. The van der Waals surface area contributed by atoms with Crippen LogP contribution in [0.4, 0.5) is 0 Å². The van der Waals surface area contributed by atoms with E-state index in [0.29, 0.717) is 17.4 Å². The molecule has 0 bridgehead atoms. The molecule has 1 aliphatic heterocycles. The van der Waals surface area contributed by atoms with E-state index in [9.17, 15) is 0 Å². The van der Waals surface area contributed by atoms with Crippen LogP contribution >= 0.6 is 0 Å². The fourth-order valence-corrected chi connectivity index (χ4v) is 3.29. The second-order valence-corrected chi connectivity index (χ2v) is 6.04. The van der Waals surface area contributed by atoms with E-state index in [2.05, 4.69) is 26.7 Å². The van der Waals surface area contributed by atoms with Gasteiger partial charge >= 0.3 is 0 Å². The van der Waals surface area contributed by atoms with Crippen molar-refractivity contribution in [1.29, 1.82) is 5.26 Å². The summed E-state index contributed by atoms with van der Waals surface area (Å²) in [5, 5.41) is 9.09. The lowest BCUT2D eigenvalue weighted by Gasteiger charge is -2.25. The van der Waals surface area contributed by atoms with Gasteiger partial charge in [-0.2, -0.15) is 5.26 Å². The summed E-state index contributed by atoms with van der Waals surface area (Å²) in [5.41, 5.74) is 1.78. The van der Waals surface area contributed by atoms with Gasteiger partial charge in [-0.3, -0.25) is 4.90 Å². The number of imidazole rings is 1. The van der Waals surface area contributed by atoms with Crippen LogP contribution in [-0.2, 0) is 13.1 Å². The van der Waals surface area contributed by atoms with Gasteiger partial charge in [0, 0.05) is 31.5 Å². The summed E-state index contributed by atoms with van der Waals surface area (Å²) in [4.78, 5) is 6.82. The van der Waals surface area contributed by atoms with Crippen molar-refractivity contribution >= 4 is 0 Å². The number of benzene rings is 1. The van der Waals surface area contributed by atoms with E-state index in [0.717, 1.165) is 25.5 Å². The number of likely N-dealkylation sites (tertiary alicyclic amines) is 1. The molecule has 1 fully saturated rings. The van der Waals surface area contributed by atoms with Gasteiger partial charge in [0.2, 0.25) is 0 Å². The minimum absolute atomic E-state index is 0.532. The normalized spacial score (nSPS) is 18.0. The van der Waals surface area contributed by atoms with Gasteiger partial charge in [-0.25, -0.2) is 4.98 Å². The Bertz CT molecular complexity index is 716. The molecule has 1 saturated heterocycles. The molecule has 0 spiro atoms. The molecule has 1 unspecified atom stereocenters. The quantitative estimate of drug-likeness (QED) is 0.852. The second-order valence-electron chi connectivity index (χ2n) is 6.04. The number of hydrogen-bond acceptors (Lipinski definition) is 4. The lowest BCUT2D eigenvalue weighted by Crippen LogP contribution is -2.32. The third kappa shape index (κ3) is 3.38. The maximum atomic E-state index is 9.09. The minimum Gasteiger partial charge on any atom is -0.495 e. The molecule has 1 aromatic carbocycles. The lowest BCUT2D eigenvalue weighted by atomic mass is 10.1. The monoisotopic (exact) mass is 310 g/mol. The molecule has 5 nitrogen and oxygen atoms in total. The Kier molecular flexibility index (Phi) is 4.63. The number of nitriles is 1. The van der Waals surface area contributed by atoms with E-state index in [1.807, 2.05) is 31.3 Å². The summed E-state index contributed by atoms with van der Waals surface area (Å²) in [6, 6.07) is 8.55. The van der Waals surface area contributed by atoms with Crippen LogP contribution in [0, 0.1) is 18.3 Å². The van der Waals surface area contributed by atoms with E-state index >= 15 is 0 Å². The van der Waals surface area contributed by atoms with Gasteiger partial charge in [-0.05, 0) is 44.0 Å². The highest BCUT2D eigenvalue weighted by molar-refractivity contribution is 5.45. The highest BCUT2D eigenvalue weighted by atomic mass is 16.5. The summed E-state index contributed by atoms with van der Waals surface area (Å²) >= 11 is 0. The van der Waals surface area contributed by atoms with E-state index in [-0.39, 0.29) is 0 Å². The molecule has 5 heteroatoms. The molecular weight excluding hydrogens is 288 g/mol. The summed E-state index contributed by atoms with van der Waals surface area (Å²) in [6.07, 6.45) is 6.35. The van der Waals surface area contributed by atoms with Gasteiger partial charge < -0.3 is 9.30 Å². The molecule has 3 rings (SSSR count). The molecule has 0 radical (unpaired) electrons. The Morgan fingerprint density at radius 3 is 3.00 bits per heavy atom. The van der Waals surface area contributed by atoms with Gasteiger partial charge in [0.15, 0.2) is 0 Å². The van der Waals surface area contributed by atoms with Crippen LogP contribution in [0.3, 0.4) is 0 Å². The van der Waals surface area contributed by atoms with Crippen molar-refractivity contribution in [1.82, 2.24) is 14.5 Å². The average molecular weight is 310 g/mol. The zero-order valence-electron chi connectivity index (χ0n) is 13.7. The van der Waals surface area contributed by atoms with E-state index in [1.165, 1.54) is 18.4 Å². The maximum absolute atomic E-state index is 9.09. The third-order valence-electron chi connectivity index (χ3n) is 4.60. The zero-order valence-corrected chi connectivity index (χ0v) is 13.7. The lowest BCUT2D eigenvalue weighted by molar-refractivity contribution is 0.223. The first kappa shape index (κ1) is 15.6. The van der Waals surface area contributed by atoms with Crippen molar-refractivity contribution in [2.45, 2.75) is 38.9 Å². The predicted octanol–water partition coefficient (Wildman–Crippen LogP) is 2.74. The largest absolute Gasteiger partial charge is 0.495 e. The molecule has 0 amide bonds. The Balaban J connectivity index is 1.71. The van der Waals surface area contributed by atoms with Gasteiger partial charge in [0.05, 0.1) is 12.7 Å². The fraction of sp³-hybridized carbons (Fsp3) is 0.444. The number of ether oxygens (including phenoxy) is 1. The van der Waals surface area contributed by atoms with Crippen LogP contribution < -0.4 is 4.74 Å². The number of rotatable bonds is 5. The van der Waals surface area contributed by atoms with Crippen molar-refractivity contribution in [3.63, 3.8) is 0 Å². The molecule has 1 atom stereocenters. The molecule has 0 N–H and O–H groups in total. The molecule has 23 heavy (non-hydrogen) atoms. The molecule has 1 aromatic heterocycles. The Hall–Kier alpha value is -2.32. The van der Waals surface area contributed by atoms with Gasteiger partial charge in [-0.15, -0.1) is 0 Å². The third-order valence-corrected chi connectivity index (χ3v) is 4.60. The minimum atomic E-state index is 0.532. The first-order valence-corrected chi connectivity index (χ1v) is 8.00. The second kappa shape index (κ2) is 6.84. The van der Waals surface area contributed by atoms with Crippen LogP contribution in [0.15, 0.2) is 30.6 Å². The van der Waals surface area contributed by atoms with Crippen LogP contribution in [-0.4, -0.2) is 34.1 Å². The van der Waals surface area contributed by atoms with Crippen molar-refractivity contribution in [2.75, 3.05) is 13.7 Å². The van der Waals surface area contributed by atoms with E-state index in [1.54, 1.807) is 7.11 Å². The van der Waals surface area contributed by atoms with Crippen molar-refractivity contribution in [3.05, 3.63) is 47.5 Å². The van der Waals surface area contributed by atoms with Crippen LogP contribution in [0.2, 0.25) is 0 Å². The molecule has 120 valence electrons. The molecule has 0 aliphatic carbocycles. The number of hydrogen-bond donors (Lipinski definition) is 0. The topological polar surface area (TPSA) is 54.1 Å². The Morgan fingerprint density at radius 2 is 2.30 bits per heavy atom. The summed E-state index contributed by atoms with van der Waals surface area (Å²) < 4.78 is 7.54. The molecular formula is C18H22N4O. The van der Waals surface area contributed by atoms with Crippen LogP contribution in [0.1, 0.15) is 29.8 Å². The van der Waals surface area contributed by atoms with Gasteiger partial charge in [0.25, 0.3) is 0 Å². The van der Waals surface area contributed by atoms with Crippen molar-refractivity contribution in [3.8, 4) is 11.8 Å². The van der Waals surface area contributed by atoms with Gasteiger partial charge in [0.1, 0.15) is 17.6 Å². The first-order valence-electron chi connectivity index (χ1n) is 8.00. The van der Waals surface area contributed by atoms with Gasteiger partial charge in [-0.1, -0.05) is 6.07 Å². The maximum Gasteiger partial charge on any atom is 0.136 e. The molecule has 1 aliphatic rings. The first-order chi connectivity index (χ1) is 11.2. The highest BCUT2D eigenvalue weighted by Gasteiger charge is 2.25. The van der Waals surface area contributed by atoms with Crippen LogP contribution in [0.5, 0.6) is 5.75 Å². The predicted molar refractivity (Wildman–Crippen MR) is 88.1 cm³/mol. The van der Waals surface area contributed by atoms with Crippen molar-refractivity contribution in [2.24, 2.45) is 0 Å². The summed E-state index contributed by atoms with van der Waals surface area (Å²) in [5.74, 6) is 1.73. The Morgan fingerprint density at radius 1 is 1.43 bits per heavy atom. The highest BCUT2D eigenvalue weighted by Crippen LogP contribution is 2.25. The van der Waals surface area contributed by atoms with Crippen LogP contribution in [0.25, 0.3) is 0 Å². The fourth-order valence-electron chi connectivity index (χ4n) is 3.29. The number of nitrogens with zero attached hydrogens (tertiary/aromatic N) is 4. The van der Waals surface area contributed by atoms with E-state index < -0.39 is 0 Å². The average Bonchev–Trinajstić information content (AvgIpc) is 3.17.